The Kier molecular flexibility index (Phi) is 7.35. The van der Waals surface area contributed by atoms with Gasteiger partial charge in [-0.3, -0.25) is 24.1 Å². The second-order valence-electron chi connectivity index (χ2n) is 11.2. The number of likely N-dealkylation sites (N-methyl/N-ethyl adjacent to an activating group) is 1. The van der Waals surface area contributed by atoms with E-state index < -0.39 is 69.6 Å². The number of phenols is 1. The second kappa shape index (κ2) is 10.0. The standard InChI is InChI=1S/C29H37N3O8/c1-8-32(9-2)28(39)16-12-18(30(4)5)15-10-14-11-17-22(31(6)7)25(36)19(13(3)33)26(37)29(17,40)27(38)20(14)24(35)21(15)23(16)34/h12,14,17,22,34-35,37,40H,8-11H2,1-7H3/t14-,17-,22-,29+/m0/s1. The van der Waals surface area contributed by atoms with Crippen molar-refractivity contribution in [2.24, 2.45) is 11.8 Å². The van der Waals surface area contributed by atoms with E-state index in [2.05, 4.69) is 0 Å². The molecule has 0 spiro atoms. The first-order valence-corrected chi connectivity index (χ1v) is 13.4. The van der Waals surface area contributed by atoms with Crippen molar-refractivity contribution in [2.45, 2.75) is 45.3 Å². The summed E-state index contributed by atoms with van der Waals surface area (Å²) in [4.78, 5) is 57.8. The molecular formula is C29H37N3O8. The lowest BCUT2D eigenvalue weighted by Crippen LogP contribution is -2.65. The Hall–Kier alpha value is -3.70. The van der Waals surface area contributed by atoms with Crippen LogP contribution >= 0.6 is 0 Å². The molecule has 216 valence electrons. The molecule has 0 aliphatic heterocycles. The number of Topliss-reactive ketones (excluding diaryl/α,β-unsaturated/α-hetero) is 3. The lowest BCUT2D eigenvalue weighted by Gasteiger charge is -2.50. The number of fused-ring (bicyclic) bond motifs is 3. The molecule has 40 heavy (non-hydrogen) atoms. The number of carbonyl (C=O) groups is 4. The maximum atomic E-state index is 14.1. The van der Waals surface area contributed by atoms with Gasteiger partial charge in [0.2, 0.25) is 5.78 Å². The van der Waals surface area contributed by atoms with Crippen LogP contribution < -0.4 is 4.90 Å². The van der Waals surface area contributed by atoms with E-state index in [-0.39, 0.29) is 29.5 Å². The zero-order chi connectivity index (χ0) is 30.0. The summed E-state index contributed by atoms with van der Waals surface area (Å²) in [5, 5.41) is 45.8. The van der Waals surface area contributed by atoms with Gasteiger partial charge in [0.05, 0.1) is 17.2 Å². The molecule has 4 N–H and O–H groups in total. The van der Waals surface area contributed by atoms with E-state index in [4.69, 9.17) is 0 Å². The van der Waals surface area contributed by atoms with Crippen LogP contribution in [0.25, 0.3) is 5.76 Å². The van der Waals surface area contributed by atoms with Crippen LogP contribution in [0.3, 0.4) is 0 Å². The van der Waals surface area contributed by atoms with E-state index in [1.165, 1.54) is 9.80 Å². The molecule has 1 fully saturated rings. The molecule has 1 amide bonds. The number of aliphatic hydroxyl groups is 3. The van der Waals surface area contributed by atoms with E-state index in [1.54, 1.807) is 53.0 Å². The third-order valence-electron chi connectivity index (χ3n) is 8.57. The Labute approximate surface area is 233 Å². The van der Waals surface area contributed by atoms with Crippen molar-refractivity contribution in [1.29, 1.82) is 0 Å². The van der Waals surface area contributed by atoms with Crippen LogP contribution in [0.2, 0.25) is 0 Å². The van der Waals surface area contributed by atoms with E-state index >= 15 is 0 Å². The fraction of sp³-hybridized carbons (Fsp3) is 0.517. The summed E-state index contributed by atoms with van der Waals surface area (Å²) in [6.45, 7) is 5.45. The molecule has 4 atom stereocenters. The van der Waals surface area contributed by atoms with Gasteiger partial charge in [0.25, 0.3) is 5.91 Å². The minimum atomic E-state index is -2.64. The average Bonchev–Trinajstić information content (AvgIpc) is 2.86. The number of hydrogen-bond acceptors (Lipinski definition) is 10. The summed E-state index contributed by atoms with van der Waals surface area (Å²) < 4.78 is 0. The predicted octanol–water partition coefficient (Wildman–Crippen LogP) is 1.62. The van der Waals surface area contributed by atoms with Crippen LogP contribution in [-0.2, 0) is 20.8 Å². The average molecular weight is 556 g/mol. The number of nitrogens with zero attached hydrogens (tertiary/aromatic N) is 3. The Morgan fingerprint density at radius 2 is 1.65 bits per heavy atom. The highest BCUT2D eigenvalue weighted by Crippen LogP contribution is 2.54. The van der Waals surface area contributed by atoms with Crippen LogP contribution in [0.1, 0.15) is 48.7 Å². The molecule has 1 saturated carbocycles. The van der Waals surface area contributed by atoms with E-state index in [0.29, 0.717) is 24.3 Å². The van der Waals surface area contributed by atoms with E-state index in [1.807, 2.05) is 0 Å². The van der Waals surface area contributed by atoms with Gasteiger partial charge >= 0.3 is 0 Å². The summed E-state index contributed by atoms with van der Waals surface area (Å²) in [6, 6.07) is 0.485. The number of aromatic hydroxyl groups is 1. The molecule has 1 aromatic carbocycles. The number of carbonyl (C=O) groups excluding carboxylic acids is 4. The van der Waals surface area contributed by atoms with Crippen molar-refractivity contribution in [3.8, 4) is 5.75 Å². The maximum Gasteiger partial charge on any atom is 0.257 e. The summed E-state index contributed by atoms with van der Waals surface area (Å²) in [6.07, 6.45) is 0.185. The highest BCUT2D eigenvalue weighted by atomic mass is 16.3. The summed E-state index contributed by atoms with van der Waals surface area (Å²) in [5.74, 6) is -6.86. The molecular weight excluding hydrogens is 518 g/mol. The van der Waals surface area contributed by atoms with Crippen LogP contribution in [0.5, 0.6) is 5.75 Å². The molecule has 0 unspecified atom stereocenters. The third kappa shape index (κ3) is 3.94. The minimum absolute atomic E-state index is 0.0265. The van der Waals surface area contributed by atoms with Crippen LogP contribution in [0, 0.1) is 11.8 Å². The lowest BCUT2D eigenvalue weighted by molar-refractivity contribution is -0.153. The summed E-state index contributed by atoms with van der Waals surface area (Å²) >= 11 is 0. The number of hydrogen-bond donors (Lipinski definition) is 4. The maximum absolute atomic E-state index is 14.1. The van der Waals surface area contributed by atoms with Crippen molar-refractivity contribution >= 4 is 34.7 Å². The molecule has 11 nitrogen and oxygen atoms in total. The summed E-state index contributed by atoms with van der Waals surface area (Å²) in [5.41, 5.74) is -2.58. The molecule has 3 aliphatic carbocycles. The summed E-state index contributed by atoms with van der Waals surface area (Å²) in [7, 11) is 6.69. The number of amides is 1. The third-order valence-corrected chi connectivity index (χ3v) is 8.57. The molecule has 0 heterocycles. The first kappa shape index (κ1) is 29.3. The van der Waals surface area contributed by atoms with Gasteiger partial charge in [0.15, 0.2) is 17.2 Å². The van der Waals surface area contributed by atoms with Gasteiger partial charge in [0, 0.05) is 44.4 Å². The monoisotopic (exact) mass is 555 g/mol. The largest absolute Gasteiger partial charge is 0.508 e. The number of benzene rings is 1. The predicted molar refractivity (Wildman–Crippen MR) is 147 cm³/mol. The number of phenolic OH excluding ortho intramolecular Hbond substituents is 1. The number of rotatable bonds is 6. The van der Waals surface area contributed by atoms with E-state index in [0.717, 1.165) is 6.92 Å². The SMILES string of the molecule is CCN(CC)C(=O)c1cc(N(C)C)c2c(c1O)C(O)=C1C(=O)[C@]3(O)C(O)=C(C(C)=O)C(=O)[C@@H](N(C)C)[C@@H]3C[C@@H]1C2. The molecule has 0 saturated heterocycles. The van der Waals surface area contributed by atoms with Crippen LogP contribution in [-0.4, -0.2) is 106 Å². The first-order chi connectivity index (χ1) is 18.6. The van der Waals surface area contributed by atoms with Gasteiger partial charge in [-0.2, -0.15) is 0 Å². The van der Waals surface area contributed by atoms with Gasteiger partial charge in [-0.15, -0.1) is 0 Å². The fourth-order valence-corrected chi connectivity index (χ4v) is 6.64. The van der Waals surface area contributed by atoms with Crippen molar-refractivity contribution < 1.29 is 39.6 Å². The van der Waals surface area contributed by atoms with Gasteiger partial charge in [-0.25, -0.2) is 0 Å². The normalized spacial score (nSPS) is 26.0. The topological polar surface area (TPSA) is 159 Å². The zero-order valence-corrected chi connectivity index (χ0v) is 23.9. The molecule has 3 aliphatic rings. The van der Waals surface area contributed by atoms with Crippen LogP contribution in [0.15, 0.2) is 23.0 Å². The van der Waals surface area contributed by atoms with Gasteiger partial charge in [-0.05, 0) is 65.3 Å². The highest BCUT2D eigenvalue weighted by Gasteiger charge is 2.64. The quantitative estimate of drug-likeness (QED) is 0.380. The highest BCUT2D eigenvalue weighted by molar-refractivity contribution is 6.25. The Balaban J connectivity index is 2.00. The Morgan fingerprint density at radius 1 is 1.05 bits per heavy atom. The van der Waals surface area contributed by atoms with E-state index in [9.17, 15) is 39.6 Å². The van der Waals surface area contributed by atoms with Crippen molar-refractivity contribution in [1.82, 2.24) is 9.80 Å². The molecule has 0 radical (unpaired) electrons. The molecule has 11 heteroatoms. The first-order valence-electron chi connectivity index (χ1n) is 13.4. The molecule has 4 rings (SSSR count). The number of ketones is 3. The Morgan fingerprint density at radius 3 is 2.15 bits per heavy atom. The van der Waals surface area contributed by atoms with Gasteiger partial charge in [-0.1, -0.05) is 0 Å². The van der Waals surface area contributed by atoms with Crippen molar-refractivity contribution in [2.75, 3.05) is 46.2 Å². The van der Waals surface area contributed by atoms with Crippen molar-refractivity contribution in [3.05, 3.63) is 39.7 Å². The number of anilines is 1. The molecule has 1 aromatic rings. The minimum Gasteiger partial charge on any atom is -0.508 e. The van der Waals surface area contributed by atoms with Crippen LogP contribution in [0.4, 0.5) is 5.69 Å². The zero-order valence-electron chi connectivity index (χ0n) is 23.9. The Bertz CT molecular complexity index is 1390. The van der Waals surface area contributed by atoms with Gasteiger partial charge in [0.1, 0.15) is 22.8 Å². The fourth-order valence-electron chi connectivity index (χ4n) is 6.64. The second-order valence-corrected chi connectivity index (χ2v) is 11.2. The smallest absolute Gasteiger partial charge is 0.257 e. The number of aliphatic hydroxyl groups excluding tert-OH is 2. The van der Waals surface area contributed by atoms with Crippen molar-refractivity contribution in [3.63, 3.8) is 0 Å². The molecule has 0 bridgehead atoms. The lowest BCUT2D eigenvalue weighted by atomic mass is 9.57. The molecule has 0 aromatic heterocycles. The van der Waals surface area contributed by atoms with Gasteiger partial charge < -0.3 is 30.2 Å².